The van der Waals surface area contributed by atoms with Crippen LogP contribution in [-0.4, -0.2) is 5.78 Å². The molecular formula is C9H9NO2. The Hall–Kier alpha value is -1.51. The maximum atomic E-state index is 11.0. The van der Waals surface area contributed by atoms with E-state index in [0.29, 0.717) is 6.42 Å². The summed E-state index contributed by atoms with van der Waals surface area (Å²) in [5, 5.41) is 3.06. The van der Waals surface area contributed by atoms with E-state index in [2.05, 4.69) is 5.32 Å². The molecule has 1 unspecified atom stereocenters. The third-order valence-corrected chi connectivity index (χ3v) is 1.86. The van der Waals surface area contributed by atoms with Gasteiger partial charge in [0, 0.05) is 12.6 Å². The van der Waals surface area contributed by atoms with Crippen molar-refractivity contribution in [2.75, 3.05) is 0 Å². The summed E-state index contributed by atoms with van der Waals surface area (Å²) in [4.78, 5) is 11.0. The molecule has 0 aliphatic carbocycles. The Morgan fingerprint density at radius 3 is 3.17 bits per heavy atom. The first-order chi connectivity index (χ1) is 5.86. The fraction of sp³-hybridized carbons (Fsp3) is 0.222. The molecule has 62 valence electrons. The Kier molecular flexibility index (Phi) is 1.70. The van der Waals surface area contributed by atoms with Crippen molar-refractivity contribution >= 4 is 5.78 Å². The van der Waals surface area contributed by atoms with Gasteiger partial charge in [-0.25, -0.2) is 0 Å². The molecule has 0 aromatic carbocycles. The fourth-order valence-corrected chi connectivity index (χ4v) is 1.26. The van der Waals surface area contributed by atoms with Crippen molar-refractivity contribution in [3.05, 3.63) is 36.4 Å². The minimum atomic E-state index is 0.0116. The van der Waals surface area contributed by atoms with E-state index in [-0.39, 0.29) is 11.8 Å². The molecule has 12 heavy (non-hydrogen) atoms. The van der Waals surface area contributed by atoms with Gasteiger partial charge in [-0.2, -0.15) is 0 Å². The summed E-state index contributed by atoms with van der Waals surface area (Å²) in [6.45, 7) is 0. The highest BCUT2D eigenvalue weighted by molar-refractivity contribution is 5.90. The molecule has 2 heterocycles. The first-order valence-electron chi connectivity index (χ1n) is 3.85. The first kappa shape index (κ1) is 7.16. The van der Waals surface area contributed by atoms with Gasteiger partial charge in [-0.1, -0.05) is 0 Å². The van der Waals surface area contributed by atoms with Gasteiger partial charge < -0.3 is 9.73 Å². The number of ketones is 1. The van der Waals surface area contributed by atoms with E-state index in [1.807, 2.05) is 12.1 Å². The highest BCUT2D eigenvalue weighted by Crippen LogP contribution is 2.19. The average molecular weight is 163 g/mol. The predicted octanol–water partition coefficient (Wildman–Crippen LogP) is 1.40. The summed E-state index contributed by atoms with van der Waals surface area (Å²) in [7, 11) is 0. The first-order valence-corrected chi connectivity index (χ1v) is 3.85. The van der Waals surface area contributed by atoms with Gasteiger partial charge in [0.2, 0.25) is 0 Å². The zero-order chi connectivity index (χ0) is 8.39. The Labute approximate surface area is 70.1 Å². The summed E-state index contributed by atoms with van der Waals surface area (Å²) < 4.78 is 5.17. The van der Waals surface area contributed by atoms with Crippen molar-refractivity contribution in [3.63, 3.8) is 0 Å². The largest absolute Gasteiger partial charge is 0.467 e. The molecule has 1 aliphatic heterocycles. The monoisotopic (exact) mass is 163 g/mol. The van der Waals surface area contributed by atoms with Crippen LogP contribution in [0.3, 0.4) is 0 Å². The third-order valence-electron chi connectivity index (χ3n) is 1.86. The second-order valence-electron chi connectivity index (χ2n) is 2.74. The molecule has 0 saturated carbocycles. The fourth-order valence-electron chi connectivity index (χ4n) is 1.26. The van der Waals surface area contributed by atoms with Crippen LogP contribution in [0.15, 0.2) is 35.1 Å². The molecule has 0 saturated heterocycles. The SMILES string of the molecule is O=C1C=CNC(c2ccco2)C1. The number of carbonyl (C=O) groups excluding carboxylic acids is 1. The van der Waals surface area contributed by atoms with E-state index >= 15 is 0 Å². The number of hydrogen-bond donors (Lipinski definition) is 1. The number of carbonyl (C=O) groups is 1. The van der Waals surface area contributed by atoms with Gasteiger partial charge in [0.25, 0.3) is 0 Å². The van der Waals surface area contributed by atoms with Gasteiger partial charge in [-0.05, 0) is 18.2 Å². The normalized spacial score (nSPS) is 22.3. The minimum Gasteiger partial charge on any atom is -0.467 e. The van der Waals surface area contributed by atoms with Gasteiger partial charge in [-0.3, -0.25) is 4.79 Å². The lowest BCUT2D eigenvalue weighted by atomic mass is 10.1. The number of hydrogen-bond acceptors (Lipinski definition) is 3. The summed E-state index contributed by atoms with van der Waals surface area (Å²) in [5.74, 6) is 0.947. The summed E-state index contributed by atoms with van der Waals surface area (Å²) in [6.07, 6.45) is 5.29. The Morgan fingerprint density at radius 2 is 2.50 bits per heavy atom. The van der Waals surface area contributed by atoms with Crippen molar-refractivity contribution in [3.8, 4) is 0 Å². The van der Waals surface area contributed by atoms with Crippen LogP contribution in [0.2, 0.25) is 0 Å². The smallest absolute Gasteiger partial charge is 0.159 e. The van der Waals surface area contributed by atoms with Crippen LogP contribution in [0.25, 0.3) is 0 Å². The highest BCUT2D eigenvalue weighted by atomic mass is 16.3. The van der Waals surface area contributed by atoms with Crippen LogP contribution < -0.4 is 5.32 Å². The molecule has 1 aromatic rings. The number of nitrogens with one attached hydrogen (secondary N) is 1. The molecule has 0 spiro atoms. The van der Waals surface area contributed by atoms with E-state index in [9.17, 15) is 4.79 Å². The molecule has 1 aromatic heterocycles. The topological polar surface area (TPSA) is 42.2 Å². The number of furan rings is 1. The van der Waals surface area contributed by atoms with E-state index < -0.39 is 0 Å². The second kappa shape index (κ2) is 2.85. The molecule has 0 amide bonds. The molecule has 1 aliphatic rings. The van der Waals surface area contributed by atoms with Crippen LogP contribution in [0, 0.1) is 0 Å². The Balaban J connectivity index is 2.17. The molecule has 1 atom stereocenters. The highest BCUT2D eigenvalue weighted by Gasteiger charge is 2.18. The predicted molar refractivity (Wildman–Crippen MR) is 43.3 cm³/mol. The van der Waals surface area contributed by atoms with E-state index in [1.165, 1.54) is 0 Å². The lowest BCUT2D eigenvalue weighted by Crippen LogP contribution is -2.22. The summed E-state index contributed by atoms with van der Waals surface area (Å²) in [5.41, 5.74) is 0. The number of rotatable bonds is 1. The van der Waals surface area contributed by atoms with Crippen molar-refractivity contribution in [2.24, 2.45) is 0 Å². The third kappa shape index (κ3) is 1.25. The lowest BCUT2D eigenvalue weighted by molar-refractivity contribution is -0.115. The lowest BCUT2D eigenvalue weighted by Gasteiger charge is -2.16. The van der Waals surface area contributed by atoms with Gasteiger partial charge in [-0.15, -0.1) is 0 Å². The number of allylic oxidation sites excluding steroid dienone is 1. The van der Waals surface area contributed by atoms with Crippen molar-refractivity contribution in [1.82, 2.24) is 5.32 Å². The molecule has 0 radical (unpaired) electrons. The van der Waals surface area contributed by atoms with Crippen LogP contribution in [0.4, 0.5) is 0 Å². The average Bonchev–Trinajstić information content (AvgIpc) is 2.56. The van der Waals surface area contributed by atoms with Crippen molar-refractivity contribution < 1.29 is 9.21 Å². The minimum absolute atomic E-state index is 0.0116. The van der Waals surface area contributed by atoms with Gasteiger partial charge in [0.05, 0.1) is 12.3 Å². The molecule has 0 fully saturated rings. The molecule has 3 nitrogen and oxygen atoms in total. The van der Waals surface area contributed by atoms with Gasteiger partial charge in [0.15, 0.2) is 5.78 Å². The molecule has 3 heteroatoms. The summed E-state index contributed by atoms with van der Waals surface area (Å²) >= 11 is 0. The van der Waals surface area contributed by atoms with Crippen molar-refractivity contribution in [2.45, 2.75) is 12.5 Å². The Bertz CT molecular complexity index is 300. The summed E-state index contributed by atoms with van der Waals surface area (Å²) in [6, 6.07) is 3.70. The zero-order valence-corrected chi connectivity index (χ0v) is 6.49. The standard InChI is InChI=1S/C9H9NO2/c11-7-3-4-10-8(6-7)9-2-1-5-12-9/h1-5,8,10H,6H2. The molecular weight excluding hydrogens is 154 g/mol. The van der Waals surface area contributed by atoms with Crippen LogP contribution in [0.1, 0.15) is 18.2 Å². The van der Waals surface area contributed by atoms with Crippen molar-refractivity contribution in [1.29, 1.82) is 0 Å². The van der Waals surface area contributed by atoms with E-state index in [4.69, 9.17) is 4.42 Å². The second-order valence-corrected chi connectivity index (χ2v) is 2.74. The van der Waals surface area contributed by atoms with Gasteiger partial charge >= 0.3 is 0 Å². The van der Waals surface area contributed by atoms with E-state index in [1.54, 1.807) is 18.5 Å². The van der Waals surface area contributed by atoms with Crippen LogP contribution in [0.5, 0.6) is 0 Å². The molecule has 0 bridgehead atoms. The molecule has 1 N–H and O–H groups in total. The Morgan fingerprint density at radius 1 is 1.58 bits per heavy atom. The van der Waals surface area contributed by atoms with E-state index in [0.717, 1.165) is 5.76 Å². The zero-order valence-electron chi connectivity index (χ0n) is 6.49. The quantitative estimate of drug-likeness (QED) is 0.680. The van der Waals surface area contributed by atoms with Crippen LogP contribution >= 0.6 is 0 Å². The maximum absolute atomic E-state index is 11.0. The van der Waals surface area contributed by atoms with Crippen LogP contribution in [-0.2, 0) is 4.79 Å². The van der Waals surface area contributed by atoms with Gasteiger partial charge in [0.1, 0.15) is 5.76 Å². The molecule has 2 rings (SSSR count). The maximum Gasteiger partial charge on any atom is 0.159 e.